The molecule has 0 spiro atoms. The van der Waals surface area contributed by atoms with Crippen LogP contribution in [0.2, 0.25) is 0 Å². The lowest BCUT2D eigenvalue weighted by atomic mass is 9.98. The highest BCUT2D eigenvalue weighted by Gasteiger charge is 2.40. The van der Waals surface area contributed by atoms with Gasteiger partial charge in [0.15, 0.2) is 0 Å². The average Bonchev–Trinajstić information content (AvgIpc) is 3.07. The Morgan fingerprint density at radius 3 is 2.06 bits per heavy atom. The molecule has 1 saturated carbocycles. The zero-order valence-electron chi connectivity index (χ0n) is 11.5. The maximum Gasteiger partial charge on any atom is 0.0405 e. The molecular weight excluding hydrogens is 208 g/mol. The van der Waals surface area contributed by atoms with Crippen LogP contribution in [0.25, 0.3) is 0 Å². The molecule has 2 heteroatoms. The Morgan fingerprint density at radius 1 is 1.12 bits per heavy atom. The van der Waals surface area contributed by atoms with E-state index in [0.29, 0.717) is 5.41 Å². The van der Waals surface area contributed by atoms with E-state index >= 15 is 0 Å². The van der Waals surface area contributed by atoms with Crippen molar-refractivity contribution in [2.45, 2.75) is 40.5 Å². The summed E-state index contributed by atoms with van der Waals surface area (Å²) in [7, 11) is 0. The van der Waals surface area contributed by atoms with Crippen LogP contribution in [0.5, 0.6) is 0 Å². The molecule has 1 aromatic carbocycles. The van der Waals surface area contributed by atoms with Crippen LogP contribution < -0.4 is 11.1 Å². The molecule has 0 bridgehead atoms. The molecule has 1 aliphatic rings. The van der Waals surface area contributed by atoms with Gasteiger partial charge >= 0.3 is 0 Å². The quantitative estimate of drug-likeness (QED) is 0.837. The van der Waals surface area contributed by atoms with Gasteiger partial charge in [0.1, 0.15) is 0 Å². The summed E-state index contributed by atoms with van der Waals surface area (Å²) >= 11 is 0. The molecule has 0 amide bonds. The van der Waals surface area contributed by atoms with Crippen molar-refractivity contribution in [1.82, 2.24) is 0 Å². The number of aryl methyl sites for hydroxylation is 2. The van der Waals surface area contributed by atoms with E-state index in [1.54, 1.807) is 0 Å². The largest absolute Gasteiger partial charge is 0.384 e. The van der Waals surface area contributed by atoms with Crippen molar-refractivity contribution in [1.29, 1.82) is 0 Å². The predicted octanol–water partition coefficient (Wildman–Crippen LogP) is 3.07. The van der Waals surface area contributed by atoms with E-state index in [1.165, 1.54) is 40.8 Å². The summed E-state index contributed by atoms with van der Waals surface area (Å²) in [5.41, 5.74) is 13.0. The molecule has 0 heterocycles. The van der Waals surface area contributed by atoms with Gasteiger partial charge in [0.05, 0.1) is 0 Å². The Labute approximate surface area is 105 Å². The van der Waals surface area contributed by atoms with Crippen LogP contribution in [0.3, 0.4) is 0 Å². The predicted molar refractivity (Wildman–Crippen MR) is 74.6 cm³/mol. The van der Waals surface area contributed by atoms with Gasteiger partial charge in [0.25, 0.3) is 0 Å². The zero-order valence-corrected chi connectivity index (χ0v) is 11.5. The van der Waals surface area contributed by atoms with E-state index < -0.39 is 0 Å². The van der Waals surface area contributed by atoms with Gasteiger partial charge in [-0.1, -0.05) is 6.07 Å². The van der Waals surface area contributed by atoms with Crippen LogP contribution in [0.1, 0.15) is 35.1 Å². The minimum atomic E-state index is 0.385. The lowest BCUT2D eigenvalue weighted by Gasteiger charge is -2.20. The van der Waals surface area contributed by atoms with E-state index in [-0.39, 0.29) is 0 Å². The smallest absolute Gasteiger partial charge is 0.0405 e. The zero-order chi connectivity index (χ0) is 12.6. The third-order valence-electron chi connectivity index (χ3n) is 4.40. The van der Waals surface area contributed by atoms with Crippen LogP contribution in [0, 0.1) is 33.1 Å². The molecule has 0 unspecified atom stereocenters. The van der Waals surface area contributed by atoms with Crippen LogP contribution in [0.4, 0.5) is 5.69 Å². The second-order valence-electron chi connectivity index (χ2n) is 5.69. The molecule has 94 valence electrons. The summed E-state index contributed by atoms with van der Waals surface area (Å²) in [5, 5.41) is 3.64. The minimum Gasteiger partial charge on any atom is -0.384 e. The molecule has 2 rings (SSSR count). The highest BCUT2D eigenvalue weighted by atomic mass is 14.9. The van der Waals surface area contributed by atoms with Gasteiger partial charge < -0.3 is 11.1 Å². The summed E-state index contributed by atoms with van der Waals surface area (Å²) in [4.78, 5) is 0. The minimum absolute atomic E-state index is 0.385. The first-order valence-electron chi connectivity index (χ1n) is 6.50. The maximum absolute atomic E-state index is 5.83. The summed E-state index contributed by atoms with van der Waals surface area (Å²) in [6.07, 6.45) is 2.55. The van der Waals surface area contributed by atoms with Crippen molar-refractivity contribution in [3.05, 3.63) is 28.3 Å². The van der Waals surface area contributed by atoms with Gasteiger partial charge in [-0.05, 0) is 74.8 Å². The molecule has 3 N–H and O–H groups in total. The molecule has 0 aliphatic heterocycles. The van der Waals surface area contributed by atoms with Crippen molar-refractivity contribution in [2.24, 2.45) is 11.1 Å². The van der Waals surface area contributed by atoms with Crippen LogP contribution in [-0.2, 0) is 0 Å². The molecule has 0 atom stereocenters. The fourth-order valence-electron chi connectivity index (χ4n) is 2.39. The summed E-state index contributed by atoms with van der Waals surface area (Å²) in [6, 6.07) is 2.27. The van der Waals surface area contributed by atoms with Crippen molar-refractivity contribution in [3.8, 4) is 0 Å². The number of benzene rings is 1. The second-order valence-corrected chi connectivity index (χ2v) is 5.69. The SMILES string of the molecule is Cc1cc(C)c(C)c(NCC2(CN)CC2)c1C. The Morgan fingerprint density at radius 2 is 1.65 bits per heavy atom. The molecule has 0 aromatic heterocycles. The van der Waals surface area contributed by atoms with Crippen molar-refractivity contribution >= 4 is 5.69 Å². The average molecular weight is 232 g/mol. The van der Waals surface area contributed by atoms with E-state index in [9.17, 15) is 0 Å². The molecule has 1 aliphatic carbocycles. The van der Waals surface area contributed by atoms with Crippen LogP contribution in [-0.4, -0.2) is 13.1 Å². The van der Waals surface area contributed by atoms with Crippen molar-refractivity contribution in [2.75, 3.05) is 18.4 Å². The molecule has 17 heavy (non-hydrogen) atoms. The highest BCUT2D eigenvalue weighted by Crippen LogP contribution is 2.44. The number of hydrogen-bond acceptors (Lipinski definition) is 2. The monoisotopic (exact) mass is 232 g/mol. The molecule has 1 aromatic rings. The van der Waals surface area contributed by atoms with Crippen molar-refractivity contribution < 1.29 is 0 Å². The number of hydrogen-bond donors (Lipinski definition) is 2. The van der Waals surface area contributed by atoms with E-state index in [4.69, 9.17) is 5.73 Å². The standard InChI is InChI=1S/C15H24N2/c1-10-7-11(2)13(4)14(12(10)3)17-9-15(8-16)5-6-15/h7,17H,5-6,8-9,16H2,1-4H3. The molecule has 0 saturated heterocycles. The van der Waals surface area contributed by atoms with Gasteiger partial charge in [-0.25, -0.2) is 0 Å². The fraction of sp³-hybridized carbons (Fsp3) is 0.600. The summed E-state index contributed by atoms with van der Waals surface area (Å²) in [5.74, 6) is 0. The number of nitrogens with two attached hydrogens (primary N) is 1. The van der Waals surface area contributed by atoms with Gasteiger partial charge in [0, 0.05) is 12.2 Å². The first-order valence-corrected chi connectivity index (χ1v) is 6.50. The molecule has 1 fully saturated rings. The Kier molecular flexibility index (Phi) is 3.17. The van der Waals surface area contributed by atoms with Crippen molar-refractivity contribution in [3.63, 3.8) is 0 Å². The van der Waals surface area contributed by atoms with Gasteiger partial charge in [-0.2, -0.15) is 0 Å². The van der Waals surface area contributed by atoms with E-state index in [1.807, 2.05) is 0 Å². The molecule has 0 radical (unpaired) electrons. The van der Waals surface area contributed by atoms with Gasteiger partial charge in [-0.15, -0.1) is 0 Å². The maximum atomic E-state index is 5.83. The first-order chi connectivity index (χ1) is 7.99. The molecule has 2 nitrogen and oxygen atoms in total. The van der Waals surface area contributed by atoms with E-state index in [2.05, 4.69) is 39.1 Å². The highest BCUT2D eigenvalue weighted by molar-refractivity contribution is 5.62. The lowest BCUT2D eigenvalue weighted by Crippen LogP contribution is -2.24. The van der Waals surface area contributed by atoms with Crippen LogP contribution >= 0.6 is 0 Å². The first kappa shape index (κ1) is 12.4. The number of anilines is 1. The third kappa shape index (κ3) is 2.32. The lowest BCUT2D eigenvalue weighted by molar-refractivity contribution is 0.555. The molecular formula is C15H24N2. The summed E-state index contributed by atoms with van der Waals surface area (Å²) in [6.45, 7) is 10.6. The van der Waals surface area contributed by atoms with Gasteiger partial charge in [-0.3, -0.25) is 0 Å². The normalized spacial score (nSPS) is 17.0. The van der Waals surface area contributed by atoms with Gasteiger partial charge in [0.2, 0.25) is 0 Å². The van der Waals surface area contributed by atoms with Crippen LogP contribution in [0.15, 0.2) is 6.07 Å². The summed E-state index contributed by atoms with van der Waals surface area (Å²) < 4.78 is 0. The number of nitrogens with one attached hydrogen (secondary N) is 1. The Bertz CT molecular complexity index is 405. The fourth-order valence-corrected chi connectivity index (χ4v) is 2.39. The third-order valence-corrected chi connectivity index (χ3v) is 4.40. The Hall–Kier alpha value is -1.02. The number of rotatable bonds is 4. The van der Waals surface area contributed by atoms with E-state index in [0.717, 1.165) is 13.1 Å². The second kappa shape index (κ2) is 4.34. The Balaban J connectivity index is 2.20. The topological polar surface area (TPSA) is 38.0 Å².